The predicted molar refractivity (Wildman–Crippen MR) is 103 cm³/mol. The van der Waals surface area contributed by atoms with Crippen LogP contribution in [0, 0.1) is 0 Å². The maximum absolute atomic E-state index is 12.5. The minimum absolute atomic E-state index is 0.171. The highest BCUT2D eigenvalue weighted by atomic mass is 32.2. The van der Waals surface area contributed by atoms with E-state index in [1.165, 1.54) is 7.11 Å². The van der Waals surface area contributed by atoms with Crippen LogP contribution in [0.5, 0.6) is 5.75 Å². The highest BCUT2D eigenvalue weighted by molar-refractivity contribution is 7.92. The Morgan fingerprint density at radius 1 is 1.15 bits per heavy atom. The van der Waals surface area contributed by atoms with Gasteiger partial charge in [0, 0.05) is 6.07 Å². The molecule has 140 valence electrons. The molecule has 0 aliphatic heterocycles. The van der Waals surface area contributed by atoms with E-state index in [1.54, 1.807) is 24.3 Å². The molecule has 0 fully saturated rings. The number of carbonyl (C=O) groups excluding carboxylic acids is 1. The van der Waals surface area contributed by atoms with Gasteiger partial charge in [-0.05, 0) is 24.1 Å². The normalized spacial score (nSPS) is 12.3. The fraction of sp³-hybridized carbons (Fsp3) is 0.316. The molecule has 0 saturated carbocycles. The number of carbonyl (C=O) groups is 1. The zero-order valence-corrected chi connectivity index (χ0v) is 16.0. The molecule has 2 aromatic carbocycles. The molecule has 0 spiro atoms. The average molecular weight is 376 g/mol. The Labute approximate surface area is 154 Å². The number of rotatable bonds is 8. The summed E-state index contributed by atoms with van der Waals surface area (Å²) in [5, 5.41) is 2.91. The van der Waals surface area contributed by atoms with Gasteiger partial charge in [-0.15, -0.1) is 0 Å². The third-order valence-corrected chi connectivity index (χ3v) is 5.11. The minimum atomic E-state index is -3.63. The van der Waals surface area contributed by atoms with Crippen molar-refractivity contribution in [3.63, 3.8) is 0 Å². The molecule has 1 N–H and O–H groups in total. The van der Waals surface area contributed by atoms with Gasteiger partial charge in [-0.1, -0.05) is 43.3 Å². The van der Waals surface area contributed by atoms with Crippen molar-refractivity contribution in [2.45, 2.75) is 19.4 Å². The molecule has 0 aliphatic carbocycles. The molecule has 0 unspecified atom stereocenters. The maximum Gasteiger partial charge on any atom is 0.241 e. The fourth-order valence-electron chi connectivity index (χ4n) is 2.64. The molecule has 1 atom stereocenters. The zero-order chi connectivity index (χ0) is 19.2. The Morgan fingerprint density at radius 2 is 1.85 bits per heavy atom. The number of sulfonamides is 1. The van der Waals surface area contributed by atoms with Crippen molar-refractivity contribution >= 4 is 21.6 Å². The molecule has 2 aromatic rings. The van der Waals surface area contributed by atoms with Crippen LogP contribution in [0.25, 0.3) is 0 Å². The van der Waals surface area contributed by atoms with Gasteiger partial charge in [-0.2, -0.15) is 0 Å². The van der Waals surface area contributed by atoms with E-state index in [1.807, 2.05) is 37.3 Å². The van der Waals surface area contributed by atoms with E-state index in [2.05, 4.69) is 5.32 Å². The van der Waals surface area contributed by atoms with Crippen molar-refractivity contribution in [1.82, 2.24) is 5.32 Å². The van der Waals surface area contributed by atoms with E-state index < -0.39 is 10.0 Å². The van der Waals surface area contributed by atoms with Crippen LogP contribution in [0.2, 0.25) is 0 Å². The van der Waals surface area contributed by atoms with Crippen molar-refractivity contribution in [2.75, 3.05) is 24.2 Å². The quantitative estimate of drug-likeness (QED) is 0.769. The lowest BCUT2D eigenvalue weighted by Crippen LogP contribution is -2.41. The van der Waals surface area contributed by atoms with Crippen LogP contribution in [0.1, 0.15) is 24.9 Å². The minimum Gasteiger partial charge on any atom is -0.497 e. The molecule has 0 heterocycles. The highest BCUT2D eigenvalue weighted by Gasteiger charge is 2.22. The van der Waals surface area contributed by atoms with Gasteiger partial charge in [-0.25, -0.2) is 8.42 Å². The first-order valence-electron chi connectivity index (χ1n) is 8.31. The second kappa shape index (κ2) is 8.71. The van der Waals surface area contributed by atoms with E-state index in [4.69, 9.17) is 4.74 Å². The summed E-state index contributed by atoms with van der Waals surface area (Å²) < 4.78 is 30.6. The van der Waals surface area contributed by atoms with Gasteiger partial charge >= 0.3 is 0 Å². The molecule has 26 heavy (non-hydrogen) atoms. The van der Waals surface area contributed by atoms with Gasteiger partial charge in [0.15, 0.2) is 0 Å². The van der Waals surface area contributed by atoms with Crippen LogP contribution in [0.15, 0.2) is 54.6 Å². The molecule has 0 aromatic heterocycles. The van der Waals surface area contributed by atoms with Crippen molar-refractivity contribution in [3.8, 4) is 5.75 Å². The number of hydrogen-bond acceptors (Lipinski definition) is 4. The summed E-state index contributed by atoms with van der Waals surface area (Å²) in [6, 6.07) is 16.0. The van der Waals surface area contributed by atoms with Gasteiger partial charge in [0.1, 0.15) is 12.3 Å². The molecule has 7 heteroatoms. The molecule has 6 nitrogen and oxygen atoms in total. The average Bonchev–Trinajstić information content (AvgIpc) is 2.64. The predicted octanol–water partition coefficient (Wildman–Crippen LogP) is 2.73. The summed E-state index contributed by atoms with van der Waals surface area (Å²) >= 11 is 0. The smallest absolute Gasteiger partial charge is 0.241 e. The first-order chi connectivity index (χ1) is 12.3. The van der Waals surface area contributed by atoms with Gasteiger partial charge in [0.25, 0.3) is 0 Å². The summed E-state index contributed by atoms with van der Waals surface area (Å²) in [5.74, 6) is 0.154. The third kappa shape index (κ3) is 5.23. The van der Waals surface area contributed by atoms with Gasteiger partial charge in [0.05, 0.1) is 25.1 Å². The largest absolute Gasteiger partial charge is 0.497 e. The molecule has 2 rings (SSSR count). The van der Waals surface area contributed by atoms with E-state index in [9.17, 15) is 13.2 Å². The second-order valence-electron chi connectivity index (χ2n) is 5.91. The van der Waals surface area contributed by atoms with Gasteiger partial charge in [-0.3, -0.25) is 9.10 Å². The van der Waals surface area contributed by atoms with Crippen LogP contribution >= 0.6 is 0 Å². The number of nitrogens with one attached hydrogen (secondary N) is 1. The van der Waals surface area contributed by atoms with Crippen molar-refractivity contribution < 1.29 is 17.9 Å². The van der Waals surface area contributed by atoms with E-state index in [0.717, 1.165) is 16.1 Å². The number of ether oxygens (including phenoxy) is 1. The van der Waals surface area contributed by atoms with Gasteiger partial charge in [0.2, 0.25) is 15.9 Å². The summed E-state index contributed by atoms with van der Waals surface area (Å²) in [4.78, 5) is 12.5. The number of methoxy groups -OCH3 is 1. The van der Waals surface area contributed by atoms with Crippen molar-refractivity contribution in [1.29, 1.82) is 0 Å². The number of nitrogens with zero attached hydrogens (tertiary/aromatic N) is 1. The number of anilines is 1. The molecule has 1 amide bonds. The van der Waals surface area contributed by atoms with E-state index in [0.29, 0.717) is 17.9 Å². The van der Waals surface area contributed by atoms with Crippen molar-refractivity contribution in [2.24, 2.45) is 0 Å². The molecule has 0 bridgehead atoms. The van der Waals surface area contributed by atoms with Crippen LogP contribution < -0.4 is 14.4 Å². The lowest BCUT2D eigenvalue weighted by molar-refractivity contribution is -0.120. The monoisotopic (exact) mass is 376 g/mol. The molecule has 0 aliphatic rings. The molecular formula is C19H24N2O4S. The first kappa shape index (κ1) is 19.8. The summed E-state index contributed by atoms with van der Waals surface area (Å²) in [5.41, 5.74) is 1.37. The Kier molecular flexibility index (Phi) is 6.63. The summed E-state index contributed by atoms with van der Waals surface area (Å²) in [6.07, 6.45) is 1.78. The first-order valence-corrected chi connectivity index (χ1v) is 10.2. The molecule has 0 radical (unpaired) electrons. The van der Waals surface area contributed by atoms with Crippen LogP contribution in [0.3, 0.4) is 0 Å². The standard InChI is InChI=1S/C19H24N2O4S/c1-4-18(15-9-6-5-7-10-15)20-19(22)14-21(26(3,23)24)16-11-8-12-17(13-16)25-2/h5-13,18H,4,14H2,1-3H3,(H,20,22)/t18-/m0/s1. The summed E-state index contributed by atoms with van der Waals surface area (Å²) in [6.45, 7) is 1.67. The lowest BCUT2D eigenvalue weighted by atomic mass is 10.0. The number of benzene rings is 2. The Balaban J connectivity index is 2.19. The topological polar surface area (TPSA) is 75.7 Å². The Hall–Kier alpha value is -2.54. The van der Waals surface area contributed by atoms with Crippen LogP contribution in [-0.2, 0) is 14.8 Å². The Bertz CT molecular complexity index is 838. The van der Waals surface area contributed by atoms with Crippen LogP contribution in [0.4, 0.5) is 5.69 Å². The fourth-order valence-corrected chi connectivity index (χ4v) is 3.49. The third-order valence-electron chi connectivity index (χ3n) is 3.97. The highest BCUT2D eigenvalue weighted by Crippen LogP contribution is 2.23. The Morgan fingerprint density at radius 3 is 2.42 bits per heavy atom. The van der Waals surface area contributed by atoms with E-state index in [-0.39, 0.29) is 18.5 Å². The van der Waals surface area contributed by atoms with Crippen LogP contribution in [-0.4, -0.2) is 34.2 Å². The van der Waals surface area contributed by atoms with Gasteiger partial charge < -0.3 is 10.1 Å². The number of hydrogen-bond donors (Lipinski definition) is 1. The molecular weight excluding hydrogens is 352 g/mol. The van der Waals surface area contributed by atoms with E-state index >= 15 is 0 Å². The lowest BCUT2D eigenvalue weighted by Gasteiger charge is -2.24. The summed E-state index contributed by atoms with van der Waals surface area (Å²) in [7, 11) is -2.13. The SMILES string of the molecule is CC[C@H](NC(=O)CN(c1cccc(OC)c1)S(C)(=O)=O)c1ccccc1. The molecule has 0 saturated heterocycles. The number of amides is 1. The zero-order valence-electron chi connectivity index (χ0n) is 15.2. The van der Waals surface area contributed by atoms with Crippen molar-refractivity contribution in [3.05, 3.63) is 60.2 Å². The second-order valence-corrected chi connectivity index (χ2v) is 7.82. The maximum atomic E-state index is 12.5.